The molecule has 6 heteroatoms. The zero-order chi connectivity index (χ0) is 8.69. The second-order valence-corrected chi connectivity index (χ2v) is 1.83. The van der Waals surface area contributed by atoms with E-state index in [9.17, 15) is 5.21 Å². The topological polar surface area (TPSA) is 113 Å². The van der Waals surface area contributed by atoms with E-state index >= 15 is 0 Å². The van der Waals surface area contributed by atoms with E-state index in [0.717, 1.165) is 0 Å². The van der Waals surface area contributed by atoms with E-state index in [1.165, 1.54) is 5.16 Å². The van der Waals surface area contributed by atoms with Crippen molar-refractivity contribution < 1.29 is 5.16 Å². The van der Waals surface area contributed by atoms with E-state index in [1.54, 1.807) is 0 Å². The highest BCUT2D eigenvalue weighted by Crippen LogP contribution is 1.70. The number of hydrogen-bond acceptors (Lipinski definition) is 3. The number of hydrogen-bond donors (Lipinski definition) is 5. The summed E-state index contributed by atoms with van der Waals surface area (Å²) in [5.41, 5.74) is 10.3. The van der Waals surface area contributed by atoms with Crippen LogP contribution in [0.4, 0.5) is 0 Å². The van der Waals surface area contributed by atoms with Crippen LogP contribution in [0.5, 0.6) is 0 Å². The quantitative estimate of drug-likeness (QED) is 0.126. The number of nitrogens with one attached hydrogen (secondary N) is 3. The lowest BCUT2D eigenvalue weighted by Crippen LogP contribution is -2.73. The molecule has 0 bridgehead atoms. The van der Waals surface area contributed by atoms with Gasteiger partial charge >= 0.3 is 5.96 Å². The maximum absolute atomic E-state index is 9.87. The molecule has 0 radical (unpaired) electrons. The van der Waals surface area contributed by atoms with Crippen LogP contribution in [-0.2, 0) is 0 Å². The summed E-state index contributed by atoms with van der Waals surface area (Å²) >= 11 is 0. The molecule has 64 valence electrons. The monoisotopic (exact) mass is 159 g/mol. The fourth-order valence-corrected chi connectivity index (χ4v) is 0.455. The first kappa shape index (κ1) is 9.57. The molecule has 0 unspecified atom stereocenters. The van der Waals surface area contributed by atoms with Gasteiger partial charge in [-0.3, -0.25) is 10.9 Å². The minimum absolute atomic E-state index is 0.0977. The Labute approximate surface area is 64.9 Å². The highest BCUT2D eigenvalue weighted by Gasteiger charge is 1.97. The van der Waals surface area contributed by atoms with Crippen LogP contribution in [0.2, 0.25) is 0 Å². The maximum Gasteiger partial charge on any atom is 0.347 e. The van der Waals surface area contributed by atoms with Crippen molar-refractivity contribution in [1.29, 1.82) is 0 Å². The lowest BCUT2D eigenvalue weighted by molar-refractivity contribution is -0.377. The predicted molar refractivity (Wildman–Crippen MR) is 42.9 cm³/mol. The molecule has 0 aromatic rings. The SMILES string of the molecule is C=C(NCCN)N/C(N)=[NH+]/[O-]. The van der Waals surface area contributed by atoms with Crippen molar-refractivity contribution in [2.24, 2.45) is 11.5 Å². The van der Waals surface area contributed by atoms with Crippen molar-refractivity contribution in [3.8, 4) is 0 Å². The third-order valence-electron chi connectivity index (χ3n) is 0.878. The summed E-state index contributed by atoms with van der Waals surface area (Å²) < 4.78 is 0. The van der Waals surface area contributed by atoms with Gasteiger partial charge in [0.15, 0.2) is 5.82 Å². The Morgan fingerprint density at radius 1 is 1.64 bits per heavy atom. The van der Waals surface area contributed by atoms with Gasteiger partial charge in [-0.1, -0.05) is 0 Å². The van der Waals surface area contributed by atoms with E-state index in [2.05, 4.69) is 17.2 Å². The predicted octanol–water partition coefficient (Wildman–Crippen LogP) is -3.51. The molecule has 11 heavy (non-hydrogen) atoms. The van der Waals surface area contributed by atoms with Gasteiger partial charge in [-0.05, 0) is 6.58 Å². The average Bonchev–Trinajstić information content (AvgIpc) is 2.00. The van der Waals surface area contributed by atoms with Crippen LogP contribution in [0, 0.1) is 5.21 Å². The largest absolute Gasteiger partial charge is 0.747 e. The van der Waals surface area contributed by atoms with E-state index in [-0.39, 0.29) is 5.96 Å². The van der Waals surface area contributed by atoms with Gasteiger partial charge < -0.3 is 16.3 Å². The first-order valence-electron chi connectivity index (χ1n) is 3.11. The van der Waals surface area contributed by atoms with Crippen molar-refractivity contribution in [3.63, 3.8) is 0 Å². The summed E-state index contributed by atoms with van der Waals surface area (Å²) in [6.45, 7) is 4.60. The Bertz CT molecular complexity index is 155. The fraction of sp³-hybridized carbons (Fsp3) is 0.400. The molecule has 7 N–H and O–H groups in total. The van der Waals surface area contributed by atoms with Crippen LogP contribution in [-0.4, -0.2) is 19.0 Å². The molecule has 0 fully saturated rings. The van der Waals surface area contributed by atoms with E-state index < -0.39 is 0 Å². The van der Waals surface area contributed by atoms with Gasteiger partial charge in [-0.25, -0.2) is 5.32 Å². The molecule has 0 spiro atoms. The zero-order valence-electron chi connectivity index (χ0n) is 6.18. The molecular weight excluding hydrogens is 146 g/mol. The summed E-state index contributed by atoms with van der Waals surface area (Å²) in [5, 5.41) is 16.6. The lowest BCUT2D eigenvalue weighted by Gasteiger charge is -2.05. The molecule has 0 aromatic heterocycles. The minimum Gasteiger partial charge on any atom is -0.747 e. The van der Waals surface area contributed by atoms with Crippen LogP contribution >= 0.6 is 0 Å². The van der Waals surface area contributed by atoms with Crippen LogP contribution in [0.25, 0.3) is 0 Å². The standard InChI is InChI=1S/C5H13N5O/c1-4(8-3-2-6)9-5(7)10-11/h8-10H,1-3,6-7H2/b10-5+. The summed E-state index contributed by atoms with van der Waals surface area (Å²) in [4.78, 5) is 0. The van der Waals surface area contributed by atoms with Gasteiger partial charge in [0.05, 0.1) is 0 Å². The highest BCUT2D eigenvalue weighted by atomic mass is 16.4. The molecule has 0 amide bonds. The normalized spacial score (nSPS) is 10.8. The van der Waals surface area contributed by atoms with Crippen molar-refractivity contribution >= 4 is 5.96 Å². The van der Waals surface area contributed by atoms with Gasteiger partial charge in [0.1, 0.15) is 0 Å². The molecule has 0 aliphatic rings. The Hall–Kier alpha value is -1.43. The molecule has 0 saturated carbocycles. The summed E-state index contributed by atoms with van der Waals surface area (Å²) in [6.07, 6.45) is 0. The maximum atomic E-state index is 9.87. The Balaban J connectivity index is 3.53. The first-order chi connectivity index (χ1) is 5.20. The molecule has 6 nitrogen and oxygen atoms in total. The third-order valence-corrected chi connectivity index (χ3v) is 0.878. The van der Waals surface area contributed by atoms with Crippen LogP contribution in [0.15, 0.2) is 12.4 Å². The smallest absolute Gasteiger partial charge is 0.347 e. The van der Waals surface area contributed by atoms with Crippen LogP contribution < -0.4 is 27.3 Å². The average molecular weight is 159 g/mol. The molecule has 0 aromatic carbocycles. The minimum atomic E-state index is -0.0977. The Morgan fingerprint density at radius 3 is 2.73 bits per heavy atom. The van der Waals surface area contributed by atoms with Crippen molar-refractivity contribution in [2.75, 3.05) is 13.1 Å². The highest BCUT2D eigenvalue weighted by molar-refractivity contribution is 5.73. The van der Waals surface area contributed by atoms with Crippen molar-refractivity contribution in [1.82, 2.24) is 10.6 Å². The van der Waals surface area contributed by atoms with Gasteiger partial charge in [0.2, 0.25) is 0 Å². The van der Waals surface area contributed by atoms with Crippen LogP contribution in [0.1, 0.15) is 0 Å². The molecule has 0 rings (SSSR count). The van der Waals surface area contributed by atoms with Gasteiger partial charge in [0.25, 0.3) is 0 Å². The fourth-order valence-electron chi connectivity index (χ4n) is 0.455. The Kier molecular flexibility index (Phi) is 4.67. The molecule has 0 aliphatic heterocycles. The number of rotatable bonds is 4. The Morgan fingerprint density at radius 2 is 2.27 bits per heavy atom. The number of nitrogens with two attached hydrogens (primary N) is 2. The third kappa shape index (κ3) is 5.04. The molecular formula is C5H13N5O. The van der Waals surface area contributed by atoms with Gasteiger partial charge in [0, 0.05) is 13.1 Å². The summed E-state index contributed by atoms with van der Waals surface area (Å²) in [6, 6.07) is 0. The van der Waals surface area contributed by atoms with Crippen molar-refractivity contribution in [2.45, 2.75) is 0 Å². The van der Waals surface area contributed by atoms with E-state index in [0.29, 0.717) is 18.9 Å². The van der Waals surface area contributed by atoms with Gasteiger partial charge in [-0.2, -0.15) is 0 Å². The second kappa shape index (κ2) is 5.36. The molecule has 0 saturated heterocycles. The number of guanidine groups is 1. The summed E-state index contributed by atoms with van der Waals surface area (Å²) in [7, 11) is 0. The van der Waals surface area contributed by atoms with E-state index in [4.69, 9.17) is 11.5 Å². The summed E-state index contributed by atoms with van der Waals surface area (Å²) in [5.74, 6) is 0.343. The first-order valence-corrected chi connectivity index (χ1v) is 3.11. The van der Waals surface area contributed by atoms with Crippen molar-refractivity contribution in [3.05, 3.63) is 17.6 Å². The van der Waals surface area contributed by atoms with Gasteiger partial charge in [-0.15, -0.1) is 0 Å². The van der Waals surface area contributed by atoms with Crippen LogP contribution in [0.3, 0.4) is 0 Å². The second-order valence-electron chi connectivity index (χ2n) is 1.83. The molecule has 0 aliphatic carbocycles. The van der Waals surface area contributed by atoms with E-state index in [1.807, 2.05) is 0 Å². The zero-order valence-corrected chi connectivity index (χ0v) is 6.18. The molecule has 0 heterocycles. The lowest BCUT2D eigenvalue weighted by atomic mass is 10.6. The molecule has 0 atom stereocenters.